The summed E-state index contributed by atoms with van der Waals surface area (Å²) in [6, 6.07) is 8.61. The van der Waals surface area contributed by atoms with Crippen molar-refractivity contribution in [3.63, 3.8) is 0 Å². The molecule has 0 aliphatic rings. The Bertz CT molecular complexity index is 677. The zero-order valence-corrected chi connectivity index (χ0v) is 14.6. The molecule has 0 heterocycles. The minimum Gasteiger partial charge on any atom is -0.294 e. The fourth-order valence-corrected chi connectivity index (χ4v) is 3.59. The van der Waals surface area contributed by atoms with Gasteiger partial charge in [-0.1, -0.05) is 35.4 Å². The van der Waals surface area contributed by atoms with E-state index < -0.39 is 0 Å². The summed E-state index contributed by atoms with van der Waals surface area (Å²) in [7, 11) is 0. The quantitative estimate of drug-likeness (QED) is 0.694. The number of benzene rings is 2. The first kappa shape index (κ1) is 16.5. The molecule has 2 rings (SSSR count). The Kier molecular flexibility index (Phi) is 4.85. The zero-order chi connectivity index (χ0) is 16.4. The highest BCUT2D eigenvalue weighted by molar-refractivity contribution is 5.99. The van der Waals surface area contributed by atoms with E-state index in [1.165, 1.54) is 27.8 Å². The van der Waals surface area contributed by atoms with Crippen molar-refractivity contribution in [3.8, 4) is 0 Å². The van der Waals surface area contributed by atoms with Crippen molar-refractivity contribution in [1.82, 2.24) is 0 Å². The number of hydrogen-bond donors (Lipinski definition) is 0. The van der Waals surface area contributed by atoms with Crippen LogP contribution in [-0.4, -0.2) is 5.78 Å². The molecular weight excluding hydrogens is 268 g/mol. The van der Waals surface area contributed by atoms with Crippen LogP contribution in [0.15, 0.2) is 24.3 Å². The molecule has 0 saturated carbocycles. The molecule has 0 amide bonds. The summed E-state index contributed by atoms with van der Waals surface area (Å²) >= 11 is 0. The van der Waals surface area contributed by atoms with Crippen LogP contribution in [0.1, 0.15) is 55.7 Å². The van der Waals surface area contributed by atoms with E-state index in [4.69, 9.17) is 0 Å². The minimum atomic E-state index is 0.259. The maximum atomic E-state index is 12.7. The minimum absolute atomic E-state index is 0.259. The van der Waals surface area contributed by atoms with Gasteiger partial charge in [-0.3, -0.25) is 4.79 Å². The lowest BCUT2D eigenvalue weighted by Gasteiger charge is -2.13. The van der Waals surface area contributed by atoms with Crippen molar-refractivity contribution in [2.75, 3.05) is 0 Å². The van der Waals surface area contributed by atoms with Crippen molar-refractivity contribution in [3.05, 3.63) is 68.8 Å². The van der Waals surface area contributed by atoms with Crippen molar-refractivity contribution < 1.29 is 4.79 Å². The number of rotatable bonds is 4. The van der Waals surface area contributed by atoms with E-state index in [-0.39, 0.29) is 5.78 Å². The Hall–Kier alpha value is -1.89. The van der Waals surface area contributed by atoms with Gasteiger partial charge in [0.25, 0.3) is 0 Å². The van der Waals surface area contributed by atoms with E-state index in [0.717, 1.165) is 23.1 Å². The third-order valence-electron chi connectivity index (χ3n) is 4.40. The molecule has 0 unspecified atom stereocenters. The van der Waals surface area contributed by atoms with Crippen LogP contribution in [0.3, 0.4) is 0 Å². The van der Waals surface area contributed by atoms with Gasteiger partial charge in [0.1, 0.15) is 0 Å². The second-order valence-electron chi connectivity index (χ2n) is 6.57. The summed E-state index contributed by atoms with van der Waals surface area (Å²) in [6.07, 6.45) is 1.40. The maximum absolute atomic E-state index is 12.7. The molecule has 0 N–H and O–H groups in total. The fraction of sp³-hybridized carbons (Fsp3) is 0.381. The Morgan fingerprint density at radius 2 is 1.14 bits per heavy atom. The number of carbonyl (C=O) groups excluding carboxylic acids is 1. The number of carbonyl (C=O) groups is 1. The summed E-state index contributed by atoms with van der Waals surface area (Å²) in [5.41, 5.74) is 9.52. The van der Waals surface area contributed by atoms with Gasteiger partial charge in [-0.2, -0.15) is 0 Å². The van der Waals surface area contributed by atoms with Crippen LogP contribution in [-0.2, 0) is 6.42 Å². The lowest BCUT2D eigenvalue weighted by Crippen LogP contribution is -2.08. The summed E-state index contributed by atoms with van der Waals surface area (Å²) < 4.78 is 0. The molecule has 22 heavy (non-hydrogen) atoms. The predicted molar refractivity (Wildman–Crippen MR) is 94.0 cm³/mol. The van der Waals surface area contributed by atoms with Gasteiger partial charge < -0.3 is 0 Å². The lowest BCUT2D eigenvalue weighted by atomic mass is 9.91. The molecule has 0 radical (unpaired) electrons. The highest BCUT2D eigenvalue weighted by atomic mass is 16.1. The normalized spacial score (nSPS) is 10.8. The molecule has 116 valence electrons. The molecule has 2 aromatic rings. The second-order valence-corrected chi connectivity index (χ2v) is 6.57. The average molecular weight is 294 g/mol. The topological polar surface area (TPSA) is 17.1 Å². The lowest BCUT2D eigenvalue weighted by molar-refractivity contribution is 0.0981. The molecule has 0 atom stereocenters. The van der Waals surface area contributed by atoms with Crippen molar-refractivity contribution >= 4 is 5.78 Å². The Morgan fingerprint density at radius 3 is 1.59 bits per heavy atom. The Labute approximate surface area is 134 Å². The SMILES string of the molecule is Cc1cc(C)c(CCC(=O)c2c(C)cc(C)cc2C)c(C)c1. The smallest absolute Gasteiger partial charge is 0.163 e. The molecule has 0 aliphatic carbocycles. The maximum Gasteiger partial charge on any atom is 0.163 e. The van der Waals surface area contributed by atoms with E-state index in [1.807, 2.05) is 13.8 Å². The first-order valence-electron chi connectivity index (χ1n) is 7.97. The van der Waals surface area contributed by atoms with E-state index in [0.29, 0.717) is 6.42 Å². The number of hydrogen-bond acceptors (Lipinski definition) is 1. The van der Waals surface area contributed by atoms with Crippen LogP contribution in [0.5, 0.6) is 0 Å². The van der Waals surface area contributed by atoms with Gasteiger partial charge in [0, 0.05) is 12.0 Å². The predicted octanol–water partition coefficient (Wildman–Crippen LogP) is 5.35. The molecule has 0 aromatic heterocycles. The first-order chi connectivity index (χ1) is 10.3. The molecule has 1 nitrogen and oxygen atoms in total. The average Bonchev–Trinajstić information content (AvgIpc) is 2.35. The number of ketones is 1. The van der Waals surface area contributed by atoms with Gasteiger partial charge >= 0.3 is 0 Å². The third kappa shape index (κ3) is 3.47. The van der Waals surface area contributed by atoms with Gasteiger partial charge in [-0.05, 0) is 75.8 Å². The van der Waals surface area contributed by atoms with Gasteiger partial charge in [-0.15, -0.1) is 0 Å². The molecular formula is C21H26O. The molecule has 0 saturated heterocycles. The molecule has 0 spiro atoms. The molecule has 1 heteroatoms. The standard InChI is InChI=1S/C21H26O/c1-13-9-15(3)19(16(4)10-13)7-8-20(22)21-17(5)11-14(2)12-18(21)6/h9-12H,7-8H2,1-6H3. The molecule has 0 bridgehead atoms. The van der Waals surface area contributed by atoms with Gasteiger partial charge in [0.05, 0.1) is 0 Å². The van der Waals surface area contributed by atoms with Crippen molar-refractivity contribution in [1.29, 1.82) is 0 Å². The first-order valence-corrected chi connectivity index (χ1v) is 7.97. The van der Waals surface area contributed by atoms with Crippen molar-refractivity contribution in [2.24, 2.45) is 0 Å². The van der Waals surface area contributed by atoms with Crippen LogP contribution < -0.4 is 0 Å². The molecule has 0 aliphatic heterocycles. The zero-order valence-electron chi connectivity index (χ0n) is 14.6. The van der Waals surface area contributed by atoms with E-state index in [2.05, 4.69) is 52.0 Å². The number of aryl methyl sites for hydroxylation is 6. The van der Waals surface area contributed by atoms with Crippen LogP contribution in [0, 0.1) is 41.5 Å². The second kappa shape index (κ2) is 6.48. The van der Waals surface area contributed by atoms with Crippen LogP contribution in [0.25, 0.3) is 0 Å². The van der Waals surface area contributed by atoms with Crippen LogP contribution >= 0.6 is 0 Å². The monoisotopic (exact) mass is 294 g/mol. The van der Waals surface area contributed by atoms with E-state index in [9.17, 15) is 4.79 Å². The van der Waals surface area contributed by atoms with Crippen LogP contribution in [0.2, 0.25) is 0 Å². The highest BCUT2D eigenvalue weighted by Gasteiger charge is 2.14. The third-order valence-corrected chi connectivity index (χ3v) is 4.40. The molecule has 2 aromatic carbocycles. The summed E-state index contributed by atoms with van der Waals surface area (Å²) in [6.45, 7) is 12.6. The summed E-state index contributed by atoms with van der Waals surface area (Å²) in [5.74, 6) is 0.259. The number of Topliss-reactive ketones (excluding diaryl/α,β-unsaturated/α-hetero) is 1. The van der Waals surface area contributed by atoms with Crippen molar-refractivity contribution in [2.45, 2.75) is 54.4 Å². The van der Waals surface area contributed by atoms with E-state index >= 15 is 0 Å². The van der Waals surface area contributed by atoms with Gasteiger partial charge in [0.15, 0.2) is 5.78 Å². The Balaban J connectivity index is 2.21. The van der Waals surface area contributed by atoms with E-state index in [1.54, 1.807) is 0 Å². The summed E-state index contributed by atoms with van der Waals surface area (Å²) in [4.78, 5) is 12.7. The largest absolute Gasteiger partial charge is 0.294 e. The van der Waals surface area contributed by atoms with Crippen LogP contribution in [0.4, 0.5) is 0 Å². The Morgan fingerprint density at radius 1 is 0.727 bits per heavy atom. The highest BCUT2D eigenvalue weighted by Crippen LogP contribution is 2.22. The van der Waals surface area contributed by atoms with Gasteiger partial charge in [-0.25, -0.2) is 0 Å². The fourth-order valence-electron chi connectivity index (χ4n) is 3.59. The summed E-state index contributed by atoms with van der Waals surface area (Å²) in [5, 5.41) is 0. The van der Waals surface area contributed by atoms with Gasteiger partial charge in [0.2, 0.25) is 0 Å². The molecule has 0 fully saturated rings.